The number of aliphatic hydroxyl groups is 1. The second-order valence-corrected chi connectivity index (χ2v) is 5.36. The molecule has 0 aliphatic carbocycles. The van der Waals surface area contributed by atoms with Crippen LogP contribution in [0.25, 0.3) is 0 Å². The molecule has 0 saturated carbocycles. The van der Waals surface area contributed by atoms with Gasteiger partial charge >= 0.3 is 0 Å². The maximum Gasteiger partial charge on any atom is 0.148 e. The van der Waals surface area contributed by atoms with E-state index in [1.807, 2.05) is 18.2 Å². The number of nitrogens with zero attached hydrogens (tertiary/aromatic N) is 3. The van der Waals surface area contributed by atoms with Gasteiger partial charge in [0.2, 0.25) is 0 Å². The highest BCUT2D eigenvalue weighted by Gasteiger charge is 2.25. The Kier molecular flexibility index (Phi) is 4.06. The minimum Gasteiger partial charge on any atom is -0.505 e. The first kappa shape index (κ1) is 14.5. The van der Waals surface area contributed by atoms with E-state index in [4.69, 9.17) is 0 Å². The quantitative estimate of drug-likeness (QED) is 0.903. The zero-order valence-corrected chi connectivity index (χ0v) is 12.5. The number of hydrogen-bond acceptors (Lipinski definition) is 5. The molecule has 22 heavy (non-hydrogen) atoms. The number of aryl methyl sites for hydroxylation is 1. The summed E-state index contributed by atoms with van der Waals surface area (Å²) in [6, 6.07) is 10.1. The molecule has 0 saturated heterocycles. The van der Waals surface area contributed by atoms with Crippen molar-refractivity contribution in [1.82, 2.24) is 9.88 Å². The summed E-state index contributed by atoms with van der Waals surface area (Å²) >= 11 is 0. The molecule has 1 aromatic heterocycles. The number of pyridine rings is 1. The van der Waals surface area contributed by atoms with Gasteiger partial charge in [0.05, 0.1) is 24.4 Å². The van der Waals surface area contributed by atoms with Crippen molar-refractivity contribution in [3.8, 4) is 5.75 Å². The van der Waals surface area contributed by atoms with Gasteiger partial charge in [-0.3, -0.25) is 9.98 Å². The number of aromatic hydroxyl groups is 1. The molecule has 3 rings (SSSR count). The average Bonchev–Trinajstić information content (AvgIpc) is 2.98. The minimum atomic E-state index is -0.172. The molecule has 114 valence electrons. The van der Waals surface area contributed by atoms with Crippen LogP contribution >= 0.6 is 0 Å². The minimum absolute atomic E-state index is 0.102. The highest BCUT2D eigenvalue weighted by Crippen LogP contribution is 2.28. The Bertz CT molecular complexity index is 699. The third-order valence-corrected chi connectivity index (χ3v) is 3.86. The van der Waals surface area contributed by atoms with Crippen LogP contribution in [0.4, 0.5) is 0 Å². The van der Waals surface area contributed by atoms with E-state index in [9.17, 15) is 10.2 Å². The fourth-order valence-corrected chi connectivity index (χ4v) is 2.68. The number of amidine groups is 1. The van der Waals surface area contributed by atoms with Crippen LogP contribution in [-0.4, -0.2) is 39.0 Å². The van der Waals surface area contributed by atoms with Gasteiger partial charge in [-0.2, -0.15) is 0 Å². The summed E-state index contributed by atoms with van der Waals surface area (Å²) < 4.78 is 0. The Balaban J connectivity index is 1.95. The summed E-state index contributed by atoms with van der Waals surface area (Å²) in [5.41, 5.74) is 2.93. The molecule has 2 aromatic rings. The summed E-state index contributed by atoms with van der Waals surface area (Å²) in [6.45, 7) is 3.79. The van der Waals surface area contributed by atoms with E-state index in [1.54, 1.807) is 13.1 Å². The zero-order chi connectivity index (χ0) is 15.5. The molecular weight excluding hydrogens is 278 g/mol. The number of aromatic nitrogens is 1. The predicted molar refractivity (Wildman–Crippen MR) is 84.8 cm³/mol. The van der Waals surface area contributed by atoms with E-state index in [0.717, 1.165) is 18.9 Å². The van der Waals surface area contributed by atoms with E-state index in [-0.39, 0.29) is 12.4 Å². The van der Waals surface area contributed by atoms with Crippen LogP contribution in [0.15, 0.2) is 41.5 Å². The Morgan fingerprint density at radius 1 is 1.23 bits per heavy atom. The van der Waals surface area contributed by atoms with Crippen LogP contribution in [0.5, 0.6) is 5.75 Å². The zero-order valence-electron chi connectivity index (χ0n) is 12.5. The summed E-state index contributed by atoms with van der Waals surface area (Å²) in [5, 5.41) is 19.9. The molecule has 0 bridgehead atoms. The maximum absolute atomic E-state index is 10.4. The smallest absolute Gasteiger partial charge is 0.148 e. The third-order valence-electron chi connectivity index (χ3n) is 3.86. The highest BCUT2D eigenvalue weighted by molar-refractivity contribution is 6.03. The third kappa shape index (κ3) is 2.67. The van der Waals surface area contributed by atoms with Crippen LogP contribution in [-0.2, 0) is 13.2 Å². The van der Waals surface area contributed by atoms with Gasteiger partial charge in [0, 0.05) is 24.8 Å². The predicted octanol–water partition coefficient (Wildman–Crippen LogP) is 1.85. The SMILES string of the molecule is Cc1ncc(CO)c(C2=NCCN2Cc2ccccc2)c1O. The number of aliphatic hydroxyl groups excluding tert-OH is 1. The van der Waals surface area contributed by atoms with Crippen molar-refractivity contribution in [2.24, 2.45) is 4.99 Å². The first-order chi connectivity index (χ1) is 10.7. The van der Waals surface area contributed by atoms with Crippen LogP contribution in [0.3, 0.4) is 0 Å². The molecule has 5 heteroatoms. The summed E-state index contributed by atoms with van der Waals surface area (Å²) in [7, 11) is 0. The Labute approximate surface area is 129 Å². The molecule has 0 atom stereocenters. The van der Waals surface area contributed by atoms with Gasteiger partial charge in [-0.25, -0.2) is 0 Å². The molecule has 0 amide bonds. The van der Waals surface area contributed by atoms with Gasteiger partial charge < -0.3 is 15.1 Å². The molecule has 0 unspecified atom stereocenters. The lowest BCUT2D eigenvalue weighted by Crippen LogP contribution is -2.29. The van der Waals surface area contributed by atoms with E-state index < -0.39 is 0 Å². The van der Waals surface area contributed by atoms with Gasteiger partial charge in [0.1, 0.15) is 11.6 Å². The average molecular weight is 297 g/mol. The first-order valence-electron chi connectivity index (χ1n) is 7.32. The molecule has 0 fully saturated rings. The fraction of sp³-hybridized carbons (Fsp3) is 0.294. The van der Waals surface area contributed by atoms with E-state index in [0.29, 0.717) is 23.4 Å². The molecular formula is C17H19N3O2. The largest absolute Gasteiger partial charge is 0.505 e. The summed E-state index contributed by atoms with van der Waals surface area (Å²) in [5.74, 6) is 0.834. The van der Waals surface area contributed by atoms with Crippen LogP contribution < -0.4 is 0 Å². The molecule has 5 nitrogen and oxygen atoms in total. The number of benzene rings is 1. The van der Waals surface area contributed by atoms with Crippen molar-refractivity contribution in [2.45, 2.75) is 20.1 Å². The van der Waals surface area contributed by atoms with Crippen molar-refractivity contribution in [3.05, 3.63) is 58.9 Å². The topological polar surface area (TPSA) is 69.0 Å². The number of rotatable bonds is 4. The standard InChI is InChI=1S/C17H19N3O2/c1-12-16(22)15(14(11-21)9-19-12)17-18-7-8-20(17)10-13-5-3-2-4-6-13/h2-6,9,21-22H,7-8,10-11H2,1H3. The van der Waals surface area contributed by atoms with Gasteiger partial charge in [0.25, 0.3) is 0 Å². The monoisotopic (exact) mass is 297 g/mol. The Morgan fingerprint density at radius 2 is 2.00 bits per heavy atom. The van der Waals surface area contributed by atoms with E-state index >= 15 is 0 Å². The van der Waals surface area contributed by atoms with Gasteiger partial charge in [0.15, 0.2) is 0 Å². The van der Waals surface area contributed by atoms with Crippen molar-refractivity contribution in [1.29, 1.82) is 0 Å². The molecule has 0 radical (unpaired) electrons. The Hall–Kier alpha value is -2.40. The normalized spacial score (nSPS) is 14.3. The van der Waals surface area contributed by atoms with Gasteiger partial charge in [-0.05, 0) is 12.5 Å². The fourth-order valence-electron chi connectivity index (χ4n) is 2.68. The van der Waals surface area contributed by atoms with Crippen LogP contribution in [0.1, 0.15) is 22.4 Å². The van der Waals surface area contributed by atoms with Gasteiger partial charge in [-0.15, -0.1) is 0 Å². The van der Waals surface area contributed by atoms with E-state index in [2.05, 4.69) is 27.0 Å². The highest BCUT2D eigenvalue weighted by atomic mass is 16.3. The maximum atomic E-state index is 10.4. The van der Waals surface area contributed by atoms with Crippen LogP contribution in [0, 0.1) is 6.92 Å². The molecule has 2 N–H and O–H groups in total. The van der Waals surface area contributed by atoms with Crippen molar-refractivity contribution >= 4 is 5.84 Å². The summed E-state index contributed by atoms with van der Waals surface area (Å²) in [4.78, 5) is 10.8. The molecule has 2 heterocycles. The van der Waals surface area contributed by atoms with Crippen molar-refractivity contribution < 1.29 is 10.2 Å². The first-order valence-corrected chi connectivity index (χ1v) is 7.32. The van der Waals surface area contributed by atoms with E-state index in [1.165, 1.54) is 5.56 Å². The molecule has 1 aliphatic heterocycles. The van der Waals surface area contributed by atoms with Crippen molar-refractivity contribution in [3.63, 3.8) is 0 Å². The lowest BCUT2D eigenvalue weighted by atomic mass is 10.1. The number of hydrogen-bond donors (Lipinski definition) is 2. The molecule has 1 aliphatic rings. The second-order valence-electron chi connectivity index (χ2n) is 5.36. The van der Waals surface area contributed by atoms with Crippen molar-refractivity contribution in [2.75, 3.05) is 13.1 Å². The lowest BCUT2D eigenvalue weighted by molar-refractivity contribution is 0.280. The molecule has 1 aromatic carbocycles. The Morgan fingerprint density at radius 3 is 2.73 bits per heavy atom. The number of aliphatic imine (C=N–C) groups is 1. The van der Waals surface area contributed by atoms with Crippen LogP contribution in [0.2, 0.25) is 0 Å². The lowest BCUT2D eigenvalue weighted by Gasteiger charge is -2.23. The molecule has 0 spiro atoms. The van der Waals surface area contributed by atoms with Gasteiger partial charge in [-0.1, -0.05) is 30.3 Å². The summed E-state index contributed by atoms with van der Waals surface area (Å²) in [6.07, 6.45) is 1.60. The second kappa shape index (κ2) is 6.15.